The molecule has 17 heavy (non-hydrogen) atoms. The standard InChI is InChI=1S/C11H17ClN4O/c1-4-7-13-9-6-5-8(12)10(14-9)11(17)15-16(2)3/h5-6H,4,7H2,1-3H3,(H,13,14)(H,15,17). The second kappa shape index (κ2) is 6.42. The first kappa shape index (κ1) is 13.7. The number of carbonyl (C=O) groups is 1. The van der Waals surface area contributed by atoms with E-state index in [4.69, 9.17) is 11.6 Å². The van der Waals surface area contributed by atoms with Crippen LogP contribution in [0.1, 0.15) is 23.8 Å². The number of hydrogen-bond donors (Lipinski definition) is 2. The highest BCUT2D eigenvalue weighted by Crippen LogP contribution is 2.16. The van der Waals surface area contributed by atoms with E-state index in [2.05, 4.69) is 22.7 Å². The maximum Gasteiger partial charge on any atom is 0.285 e. The second-order valence-electron chi connectivity index (χ2n) is 3.79. The molecule has 0 atom stereocenters. The van der Waals surface area contributed by atoms with Gasteiger partial charge < -0.3 is 5.32 Å². The van der Waals surface area contributed by atoms with Gasteiger partial charge in [0.25, 0.3) is 5.91 Å². The molecule has 0 aliphatic heterocycles. The van der Waals surface area contributed by atoms with E-state index in [1.54, 1.807) is 31.2 Å². The first-order chi connectivity index (χ1) is 8.04. The quantitative estimate of drug-likeness (QED) is 0.789. The third kappa shape index (κ3) is 4.20. The highest BCUT2D eigenvalue weighted by molar-refractivity contribution is 6.33. The fraction of sp³-hybridized carbons (Fsp3) is 0.455. The Morgan fingerprint density at radius 2 is 2.18 bits per heavy atom. The third-order valence-corrected chi connectivity index (χ3v) is 2.25. The molecule has 6 heteroatoms. The maximum atomic E-state index is 11.8. The predicted octanol–water partition coefficient (Wildman–Crippen LogP) is 1.76. The van der Waals surface area contributed by atoms with Crippen LogP contribution in [0.5, 0.6) is 0 Å². The number of anilines is 1. The lowest BCUT2D eigenvalue weighted by Gasteiger charge is -2.13. The Morgan fingerprint density at radius 3 is 2.76 bits per heavy atom. The van der Waals surface area contributed by atoms with Crippen LogP contribution in [0, 0.1) is 0 Å². The van der Waals surface area contributed by atoms with E-state index < -0.39 is 0 Å². The third-order valence-electron chi connectivity index (χ3n) is 1.94. The average molecular weight is 257 g/mol. The highest BCUT2D eigenvalue weighted by atomic mass is 35.5. The van der Waals surface area contributed by atoms with Gasteiger partial charge in [0.05, 0.1) is 5.02 Å². The van der Waals surface area contributed by atoms with Gasteiger partial charge in [0.1, 0.15) is 5.82 Å². The summed E-state index contributed by atoms with van der Waals surface area (Å²) in [7, 11) is 3.45. The molecule has 0 aliphatic rings. The summed E-state index contributed by atoms with van der Waals surface area (Å²) < 4.78 is 0. The van der Waals surface area contributed by atoms with Crippen LogP contribution in [-0.4, -0.2) is 36.5 Å². The van der Waals surface area contributed by atoms with Crippen molar-refractivity contribution in [2.75, 3.05) is 26.0 Å². The van der Waals surface area contributed by atoms with Crippen LogP contribution < -0.4 is 10.7 Å². The zero-order chi connectivity index (χ0) is 12.8. The number of halogens is 1. The Labute approximate surface area is 106 Å². The van der Waals surface area contributed by atoms with Crippen molar-refractivity contribution in [2.24, 2.45) is 0 Å². The van der Waals surface area contributed by atoms with E-state index in [1.807, 2.05) is 0 Å². The molecule has 0 fully saturated rings. The number of amides is 1. The van der Waals surface area contributed by atoms with Gasteiger partial charge in [0, 0.05) is 20.6 Å². The van der Waals surface area contributed by atoms with Crippen molar-refractivity contribution in [2.45, 2.75) is 13.3 Å². The van der Waals surface area contributed by atoms with Crippen molar-refractivity contribution in [3.8, 4) is 0 Å². The molecule has 2 N–H and O–H groups in total. The number of nitrogens with zero attached hydrogens (tertiary/aromatic N) is 2. The van der Waals surface area contributed by atoms with Crippen LogP contribution in [0.3, 0.4) is 0 Å². The summed E-state index contributed by atoms with van der Waals surface area (Å²) >= 11 is 5.94. The Balaban J connectivity index is 2.86. The molecule has 94 valence electrons. The molecule has 0 saturated heterocycles. The van der Waals surface area contributed by atoms with Crippen molar-refractivity contribution in [3.05, 3.63) is 22.8 Å². The Bertz CT molecular complexity index is 395. The Morgan fingerprint density at radius 1 is 1.47 bits per heavy atom. The first-order valence-corrected chi connectivity index (χ1v) is 5.81. The fourth-order valence-electron chi connectivity index (χ4n) is 1.21. The summed E-state index contributed by atoms with van der Waals surface area (Å²) in [5.74, 6) is 0.334. The number of pyridine rings is 1. The van der Waals surface area contributed by atoms with E-state index in [9.17, 15) is 4.79 Å². The summed E-state index contributed by atoms with van der Waals surface area (Å²) in [5, 5.41) is 4.99. The number of hydrazine groups is 1. The van der Waals surface area contributed by atoms with Gasteiger partial charge in [0.15, 0.2) is 5.69 Å². The van der Waals surface area contributed by atoms with Crippen molar-refractivity contribution in [3.63, 3.8) is 0 Å². The largest absolute Gasteiger partial charge is 0.370 e. The van der Waals surface area contributed by atoms with Crippen molar-refractivity contribution in [1.29, 1.82) is 0 Å². The van der Waals surface area contributed by atoms with Crippen molar-refractivity contribution in [1.82, 2.24) is 15.4 Å². The SMILES string of the molecule is CCCNc1ccc(Cl)c(C(=O)NN(C)C)n1. The number of carbonyl (C=O) groups excluding carboxylic acids is 1. The minimum atomic E-state index is -0.319. The average Bonchev–Trinajstić information content (AvgIpc) is 2.27. The zero-order valence-electron chi connectivity index (χ0n) is 10.2. The number of rotatable bonds is 5. The van der Waals surface area contributed by atoms with Gasteiger partial charge in [0.2, 0.25) is 0 Å². The number of hydrogen-bond acceptors (Lipinski definition) is 4. The van der Waals surface area contributed by atoms with Gasteiger partial charge in [-0.3, -0.25) is 10.2 Å². The maximum absolute atomic E-state index is 11.8. The van der Waals surface area contributed by atoms with E-state index in [-0.39, 0.29) is 11.6 Å². The summed E-state index contributed by atoms with van der Waals surface area (Å²) in [5.41, 5.74) is 2.83. The molecule has 1 rings (SSSR count). The number of aromatic nitrogens is 1. The molecule has 5 nitrogen and oxygen atoms in total. The van der Waals surface area contributed by atoms with Crippen LogP contribution in [0.4, 0.5) is 5.82 Å². The van der Waals surface area contributed by atoms with Crippen LogP contribution >= 0.6 is 11.6 Å². The van der Waals surface area contributed by atoms with Crippen LogP contribution in [0.2, 0.25) is 5.02 Å². The molecule has 0 unspecified atom stereocenters. The van der Waals surface area contributed by atoms with Gasteiger partial charge in [-0.05, 0) is 18.6 Å². The topological polar surface area (TPSA) is 57.3 Å². The van der Waals surface area contributed by atoms with Gasteiger partial charge in [-0.15, -0.1) is 0 Å². The monoisotopic (exact) mass is 256 g/mol. The smallest absolute Gasteiger partial charge is 0.285 e. The minimum absolute atomic E-state index is 0.224. The summed E-state index contributed by atoms with van der Waals surface area (Å²) in [6.45, 7) is 2.87. The van der Waals surface area contributed by atoms with Gasteiger partial charge in [-0.2, -0.15) is 0 Å². The van der Waals surface area contributed by atoms with Crippen LogP contribution in [0.15, 0.2) is 12.1 Å². The zero-order valence-corrected chi connectivity index (χ0v) is 11.0. The van der Waals surface area contributed by atoms with Gasteiger partial charge in [-0.25, -0.2) is 9.99 Å². The molecule has 0 aromatic carbocycles. The highest BCUT2D eigenvalue weighted by Gasteiger charge is 2.13. The Hall–Kier alpha value is -1.33. The molecule has 0 radical (unpaired) electrons. The first-order valence-electron chi connectivity index (χ1n) is 5.43. The van der Waals surface area contributed by atoms with Crippen LogP contribution in [0.25, 0.3) is 0 Å². The lowest BCUT2D eigenvalue weighted by molar-refractivity contribution is 0.0852. The lowest BCUT2D eigenvalue weighted by atomic mass is 10.3. The van der Waals surface area contributed by atoms with E-state index in [0.717, 1.165) is 13.0 Å². The molecule has 0 saturated carbocycles. The minimum Gasteiger partial charge on any atom is -0.370 e. The summed E-state index contributed by atoms with van der Waals surface area (Å²) in [6, 6.07) is 3.42. The molecule has 1 aromatic rings. The second-order valence-corrected chi connectivity index (χ2v) is 4.20. The molecular formula is C11H17ClN4O. The lowest BCUT2D eigenvalue weighted by Crippen LogP contribution is -2.36. The normalized spacial score (nSPS) is 10.4. The van der Waals surface area contributed by atoms with E-state index in [0.29, 0.717) is 10.8 Å². The molecule has 0 bridgehead atoms. The van der Waals surface area contributed by atoms with E-state index in [1.165, 1.54) is 0 Å². The van der Waals surface area contributed by atoms with E-state index >= 15 is 0 Å². The van der Waals surface area contributed by atoms with Crippen molar-refractivity contribution >= 4 is 23.3 Å². The number of nitrogens with one attached hydrogen (secondary N) is 2. The molecule has 1 amide bonds. The van der Waals surface area contributed by atoms with Gasteiger partial charge >= 0.3 is 0 Å². The van der Waals surface area contributed by atoms with Crippen LogP contribution in [-0.2, 0) is 0 Å². The molecular weight excluding hydrogens is 240 g/mol. The fourth-order valence-corrected chi connectivity index (χ4v) is 1.40. The summed E-state index contributed by atoms with van der Waals surface area (Å²) in [6.07, 6.45) is 0.990. The molecule has 0 spiro atoms. The molecule has 1 heterocycles. The predicted molar refractivity (Wildman–Crippen MR) is 69.2 cm³/mol. The molecule has 1 aromatic heterocycles. The van der Waals surface area contributed by atoms with Gasteiger partial charge in [-0.1, -0.05) is 18.5 Å². The summed E-state index contributed by atoms with van der Waals surface area (Å²) in [4.78, 5) is 16.0. The molecule has 0 aliphatic carbocycles. The Kier molecular flexibility index (Phi) is 5.18. The van der Waals surface area contributed by atoms with Crippen molar-refractivity contribution < 1.29 is 4.79 Å².